The highest BCUT2D eigenvalue weighted by atomic mass is 16.7. The smallest absolute Gasteiger partial charge is 0.188 e. The van der Waals surface area contributed by atoms with Gasteiger partial charge in [0.25, 0.3) is 0 Å². The Kier molecular flexibility index (Phi) is 5.08. The van der Waals surface area contributed by atoms with Crippen molar-refractivity contribution in [3.8, 4) is 11.5 Å². The van der Waals surface area contributed by atoms with Gasteiger partial charge in [-0.15, -0.1) is 0 Å². The molecule has 0 aromatic heterocycles. The minimum absolute atomic E-state index is 0.220. The van der Waals surface area contributed by atoms with Crippen molar-refractivity contribution in [2.24, 2.45) is 0 Å². The van der Waals surface area contributed by atoms with Gasteiger partial charge in [-0.25, -0.2) is 0 Å². The van der Waals surface area contributed by atoms with Crippen LogP contribution in [0.3, 0.4) is 0 Å². The third-order valence-electron chi connectivity index (χ3n) is 2.45. The molecule has 4 heteroatoms. The van der Waals surface area contributed by atoms with Gasteiger partial charge in [0.05, 0.1) is 7.11 Å². The Balaban J connectivity index is 2.88. The third kappa shape index (κ3) is 3.12. The predicted octanol–water partition coefficient (Wildman–Crippen LogP) is 1.96. The number of hydrogen-bond acceptors (Lipinski definition) is 4. The van der Waals surface area contributed by atoms with Gasteiger partial charge in [-0.3, -0.25) is 0 Å². The number of rotatable bonds is 6. The summed E-state index contributed by atoms with van der Waals surface area (Å²) in [5.74, 6) is 1.41. The molecule has 0 aliphatic heterocycles. The molecule has 0 spiro atoms. The molecule has 0 radical (unpaired) electrons. The van der Waals surface area contributed by atoms with E-state index in [0.29, 0.717) is 5.75 Å². The van der Waals surface area contributed by atoms with Crippen molar-refractivity contribution in [2.45, 2.75) is 13.0 Å². The number of benzene rings is 1. The van der Waals surface area contributed by atoms with Crippen molar-refractivity contribution >= 4 is 0 Å². The molecule has 1 N–H and O–H groups in total. The summed E-state index contributed by atoms with van der Waals surface area (Å²) in [5.41, 5.74) is 1.16. The lowest BCUT2D eigenvalue weighted by Gasteiger charge is -2.15. The fourth-order valence-electron chi connectivity index (χ4n) is 1.36. The van der Waals surface area contributed by atoms with E-state index in [1.807, 2.05) is 25.2 Å². The number of ether oxygens (including phenoxy) is 3. The lowest BCUT2D eigenvalue weighted by atomic mass is 10.1. The Morgan fingerprint density at radius 1 is 1.25 bits per heavy atom. The second-order valence-electron chi connectivity index (χ2n) is 3.47. The molecule has 0 aliphatic carbocycles. The Bertz CT molecular complexity index is 328. The number of hydrogen-bond donors (Lipinski definition) is 1. The van der Waals surface area contributed by atoms with Crippen molar-refractivity contribution in [1.29, 1.82) is 0 Å². The summed E-state index contributed by atoms with van der Waals surface area (Å²) < 4.78 is 15.5. The predicted molar refractivity (Wildman–Crippen MR) is 63.0 cm³/mol. The lowest BCUT2D eigenvalue weighted by Crippen LogP contribution is -2.12. The quantitative estimate of drug-likeness (QED) is 0.751. The van der Waals surface area contributed by atoms with Crippen LogP contribution in [0.25, 0.3) is 0 Å². The van der Waals surface area contributed by atoms with Gasteiger partial charge in [-0.05, 0) is 31.7 Å². The van der Waals surface area contributed by atoms with E-state index in [0.717, 1.165) is 11.3 Å². The summed E-state index contributed by atoms with van der Waals surface area (Å²) in [6, 6.07) is 6.15. The Labute approximate surface area is 96.5 Å². The largest absolute Gasteiger partial charge is 0.493 e. The van der Waals surface area contributed by atoms with Crippen molar-refractivity contribution in [1.82, 2.24) is 5.32 Å². The van der Waals surface area contributed by atoms with Crippen LogP contribution in [0.5, 0.6) is 11.5 Å². The molecule has 90 valence electrons. The molecule has 0 aliphatic rings. The van der Waals surface area contributed by atoms with Gasteiger partial charge in [-0.2, -0.15) is 0 Å². The number of nitrogens with one attached hydrogen (secondary N) is 1. The molecular weight excluding hydrogens is 206 g/mol. The van der Waals surface area contributed by atoms with Crippen LogP contribution in [-0.4, -0.2) is 28.1 Å². The molecule has 0 amide bonds. The lowest BCUT2D eigenvalue weighted by molar-refractivity contribution is 0.0491. The van der Waals surface area contributed by atoms with Crippen molar-refractivity contribution in [3.63, 3.8) is 0 Å². The molecule has 0 saturated heterocycles. The van der Waals surface area contributed by atoms with E-state index in [9.17, 15) is 0 Å². The van der Waals surface area contributed by atoms with Crippen LogP contribution in [-0.2, 0) is 4.74 Å². The molecule has 1 aromatic rings. The van der Waals surface area contributed by atoms with E-state index < -0.39 is 0 Å². The summed E-state index contributed by atoms with van der Waals surface area (Å²) in [5, 5.41) is 3.17. The van der Waals surface area contributed by atoms with Crippen LogP contribution in [0.4, 0.5) is 0 Å². The fourth-order valence-corrected chi connectivity index (χ4v) is 1.36. The van der Waals surface area contributed by atoms with Crippen LogP contribution < -0.4 is 14.8 Å². The molecule has 16 heavy (non-hydrogen) atoms. The van der Waals surface area contributed by atoms with Crippen LogP contribution in [0.2, 0.25) is 0 Å². The molecule has 1 aromatic carbocycles. The summed E-state index contributed by atoms with van der Waals surface area (Å²) in [6.07, 6.45) is 0. The zero-order valence-corrected chi connectivity index (χ0v) is 10.2. The van der Waals surface area contributed by atoms with Crippen LogP contribution in [0.1, 0.15) is 18.5 Å². The standard InChI is InChI=1S/C12H19NO3/c1-9(13-2)10-5-6-11(16-8-14-3)12(7-10)15-4/h5-7,9,13H,8H2,1-4H3. The van der Waals surface area contributed by atoms with Gasteiger partial charge >= 0.3 is 0 Å². The Morgan fingerprint density at radius 2 is 2.00 bits per heavy atom. The third-order valence-corrected chi connectivity index (χ3v) is 2.45. The summed E-state index contributed by atoms with van der Waals surface area (Å²) >= 11 is 0. The van der Waals surface area contributed by atoms with Crippen molar-refractivity contribution < 1.29 is 14.2 Å². The molecule has 1 unspecified atom stereocenters. The molecule has 0 fully saturated rings. The van der Waals surface area contributed by atoms with Crippen molar-refractivity contribution in [3.05, 3.63) is 23.8 Å². The van der Waals surface area contributed by atoms with Crippen molar-refractivity contribution in [2.75, 3.05) is 28.1 Å². The molecule has 4 nitrogen and oxygen atoms in total. The van der Waals surface area contributed by atoms with E-state index in [2.05, 4.69) is 12.2 Å². The van der Waals surface area contributed by atoms with E-state index in [1.165, 1.54) is 0 Å². The van der Waals surface area contributed by atoms with Gasteiger partial charge in [0.2, 0.25) is 0 Å². The van der Waals surface area contributed by atoms with E-state index in [1.54, 1.807) is 14.2 Å². The topological polar surface area (TPSA) is 39.7 Å². The Hall–Kier alpha value is -1.26. The molecule has 0 saturated carbocycles. The van der Waals surface area contributed by atoms with Gasteiger partial charge < -0.3 is 19.5 Å². The molecule has 1 rings (SSSR count). The van der Waals surface area contributed by atoms with E-state index in [4.69, 9.17) is 14.2 Å². The highest BCUT2D eigenvalue weighted by Crippen LogP contribution is 2.30. The molecule has 0 bridgehead atoms. The maximum atomic E-state index is 5.38. The highest BCUT2D eigenvalue weighted by molar-refractivity contribution is 5.43. The van der Waals surface area contributed by atoms with Gasteiger partial charge in [-0.1, -0.05) is 6.07 Å². The normalized spacial score (nSPS) is 12.2. The summed E-state index contributed by atoms with van der Waals surface area (Å²) in [4.78, 5) is 0. The minimum Gasteiger partial charge on any atom is -0.493 e. The first kappa shape index (κ1) is 12.8. The first-order valence-corrected chi connectivity index (χ1v) is 5.19. The highest BCUT2D eigenvalue weighted by Gasteiger charge is 2.08. The maximum absolute atomic E-state index is 5.38. The maximum Gasteiger partial charge on any atom is 0.188 e. The first-order chi connectivity index (χ1) is 7.72. The monoisotopic (exact) mass is 225 g/mol. The average Bonchev–Trinajstić information content (AvgIpc) is 2.35. The second kappa shape index (κ2) is 6.35. The zero-order valence-electron chi connectivity index (χ0n) is 10.2. The van der Waals surface area contributed by atoms with Crippen LogP contribution >= 0.6 is 0 Å². The SMILES string of the molecule is CNC(C)c1ccc(OCOC)c(OC)c1. The average molecular weight is 225 g/mol. The van der Waals surface area contributed by atoms with Crippen LogP contribution in [0.15, 0.2) is 18.2 Å². The van der Waals surface area contributed by atoms with Gasteiger partial charge in [0.1, 0.15) is 0 Å². The Morgan fingerprint density at radius 3 is 2.56 bits per heavy atom. The van der Waals surface area contributed by atoms with Gasteiger partial charge in [0, 0.05) is 13.2 Å². The number of methoxy groups -OCH3 is 2. The summed E-state index contributed by atoms with van der Waals surface area (Å²) in [7, 11) is 5.14. The zero-order chi connectivity index (χ0) is 12.0. The fraction of sp³-hybridized carbons (Fsp3) is 0.500. The second-order valence-corrected chi connectivity index (χ2v) is 3.47. The summed E-state index contributed by atoms with van der Waals surface area (Å²) in [6.45, 7) is 2.31. The minimum atomic E-state index is 0.220. The first-order valence-electron chi connectivity index (χ1n) is 5.19. The van der Waals surface area contributed by atoms with E-state index in [-0.39, 0.29) is 12.8 Å². The van der Waals surface area contributed by atoms with E-state index >= 15 is 0 Å². The van der Waals surface area contributed by atoms with Crippen LogP contribution in [0, 0.1) is 0 Å². The molecular formula is C12H19NO3. The molecule has 0 heterocycles. The van der Waals surface area contributed by atoms with Gasteiger partial charge in [0.15, 0.2) is 18.3 Å². The molecule has 1 atom stereocenters.